The van der Waals surface area contributed by atoms with Crippen molar-refractivity contribution in [3.8, 4) is 0 Å². The Labute approximate surface area is 157 Å². The largest absolute Gasteiger partial charge is 0.340 e. The van der Waals surface area contributed by atoms with E-state index < -0.39 is 10.0 Å². The standard InChI is InChI=1S/C19H31N3O3S/c1-4-20-13-15-21(16-14-20)19(23)12-9-17-7-10-18(11-8-17)26(24,25)22(5-2)6-3/h7-8,10-11H,4-6,9,12-16H2,1-3H3. The second-order valence-electron chi connectivity index (χ2n) is 6.55. The van der Waals surface area contributed by atoms with Crippen LogP contribution in [0.1, 0.15) is 32.8 Å². The first kappa shape index (κ1) is 20.9. The minimum Gasteiger partial charge on any atom is -0.340 e. The van der Waals surface area contributed by atoms with Crippen molar-refractivity contribution < 1.29 is 13.2 Å². The molecule has 0 spiro atoms. The van der Waals surface area contributed by atoms with Crippen LogP contribution in [0.5, 0.6) is 0 Å². The number of sulfonamides is 1. The minimum atomic E-state index is -3.42. The Kier molecular flexibility index (Phi) is 7.61. The summed E-state index contributed by atoms with van der Waals surface area (Å²) < 4.78 is 26.4. The summed E-state index contributed by atoms with van der Waals surface area (Å²) in [5.74, 6) is 0.181. The number of amides is 1. The molecule has 0 radical (unpaired) electrons. The molecule has 0 saturated carbocycles. The van der Waals surface area contributed by atoms with Crippen molar-refractivity contribution in [2.45, 2.75) is 38.5 Å². The molecule has 0 atom stereocenters. The van der Waals surface area contributed by atoms with Crippen LogP contribution in [-0.2, 0) is 21.2 Å². The van der Waals surface area contributed by atoms with E-state index in [0.29, 0.717) is 30.8 Å². The van der Waals surface area contributed by atoms with Crippen molar-refractivity contribution >= 4 is 15.9 Å². The third-order valence-electron chi connectivity index (χ3n) is 5.07. The molecule has 2 rings (SSSR count). The fourth-order valence-electron chi connectivity index (χ4n) is 3.26. The van der Waals surface area contributed by atoms with Crippen molar-refractivity contribution in [3.63, 3.8) is 0 Å². The number of benzene rings is 1. The van der Waals surface area contributed by atoms with Crippen molar-refractivity contribution in [3.05, 3.63) is 29.8 Å². The van der Waals surface area contributed by atoms with E-state index in [1.54, 1.807) is 12.1 Å². The summed E-state index contributed by atoms with van der Waals surface area (Å²) in [7, 11) is -3.42. The van der Waals surface area contributed by atoms with Crippen LogP contribution in [-0.4, -0.2) is 74.2 Å². The van der Waals surface area contributed by atoms with Gasteiger partial charge in [0.2, 0.25) is 15.9 Å². The predicted octanol–water partition coefficient (Wildman–Crippen LogP) is 1.81. The molecule has 1 saturated heterocycles. The zero-order valence-electron chi connectivity index (χ0n) is 16.1. The van der Waals surface area contributed by atoms with E-state index in [1.807, 2.05) is 30.9 Å². The van der Waals surface area contributed by atoms with E-state index in [2.05, 4.69) is 11.8 Å². The van der Waals surface area contributed by atoms with Gasteiger partial charge in [0.1, 0.15) is 0 Å². The van der Waals surface area contributed by atoms with E-state index in [0.717, 1.165) is 38.3 Å². The van der Waals surface area contributed by atoms with Gasteiger partial charge in [-0.2, -0.15) is 4.31 Å². The molecular formula is C19H31N3O3S. The Bertz CT molecular complexity index is 676. The zero-order chi connectivity index (χ0) is 19.2. The highest BCUT2D eigenvalue weighted by molar-refractivity contribution is 7.89. The number of aryl methyl sites for hydroxylation is 1. The molecule has 1 aromatic rings. The smallest absolute Gasteiger partial charge is 0.243 e. The summed E-state index contributed by atoms with van der Waals surface area (Å²) in [5.41, 5.74) is 0.990. The highest BCUT2D eigenvalue weighted by atomic mass is 32.2. The van der Waals surface area contributed by atoms with Crippen LogP contribution in [0.15, 0.2) is 29.2 Å². The molecule has 26 heavy (non-hydrogen) atoms. The van der Waals surface area contributed by atoms with Gasteiger partial charge in [-0.1, -0.05) is 32.9 Å². The van der Waals surface area contributed by atoms with Crippen LogP contribution in [0.4, 0.5) is 0 Å². The van der Waals surface area contributed by atoms with Crippen LogP contribution in [0.2, 0.25) is 0 Å². The third kappa shape index (κ3) is 5.05. The Balaban J connectivity index is 1.90. The second kappa shape index (κ2) is 9.48. The Morgan fingerprint density at radius 1 is 1.00 bits per heavy atom. The summed E-state index contributed by atoms with van der Waals surface area (Å²) in [5, 5.41) is 0. The number of hydrogen-bond donors (Lipinski definition) is 0. The summed E-state index contributed by atoms with van der Waals surface area (Å²) in [4.78, 5) is 17.0. The topological polar surface area (TPSA) is 60.9 Å². The maximum atomic E-state index is 12.5. The Morgan fingerprint density at radius 2 is 1.58 bits per heavy atom. The molecule has 0 aliphatic carbocycles. The summed E-state index contributed by atoms with van der Waals surface area (Å²) in [6.45, 7) is 11.2. The molecule has 0 bridgehead atoms. The lowest BCUT2D eigenvalue weighted by atomic mass is 10.1. The number of carbonyl (C=O) groups excluding carboxylic acids is 1. The van der Waals surface area contributed by atoms with Crippen molar-refractivity contribution in [1.29, 1.82) is 0 Å². The molecule has 1 aromatic carbocycles. The molecular weight excluding hydrogens is 350 g/mol. The average Bonchev–Trinajstić information content (AvgIpc) is 2.67. The zero-order valence-corrected chi connectivity index (χ0v) is 17.0. The lowest BCUT2D eigenvalue weighted by Crippen LogP contribution is -2.48. The first-order valence-corrected chi connectivity index (χ1v) is 11.0. The maximum Gasteiger partial charge on any atom is 0.243 e. The summed E-state index contributed by atoms with van der Waals surface area (Å²) in [6, 6.07) is 6.93. The van der Waals surface area contributed by atoms with Crippen LogP contribution in [0.25, 0.3) is 0 Å². The monoisotopic (exact) mass is 381 g/mol. The molecule has 1 aliphatic rings. The van der Waals surface area contributed by atoms with Gasteiger partial charge in [0, 0.05) is 45.7 Å². The number of carbonyl (C=O) groups is 1. The van der Waals surface area contributed by atoms with Gasteiger partial charge in [-0.3, -0.25) is 4.79 Å². The van der Waals surface area contributed by atoms with Crippen LogP contribution in [0.3, 0.4) is 0 Å². The molecule has 1 amide bonds. The highest BCUT2D eigenvalue weighted by Crippen LogP contribution is 2.17. The van der Waals surface area contributed by atoms with Crippen LogP contribution in [0, 0.1) is 0 Å². The van der Waals surface area contributed by atoms with Crippen LogP contribution >= 0.6 is 0 Å². The lowest BCUT2D eigenvalue weighted by molar-refractivity contribution is -0.132. The van der Waals surface area contributed by atoms with Gasteiger partial charge >= 0.3 is 0 Å². The van der Waals surface area contributed by atoms with E-state index in [-0.39, 0.29) is 5.91 Å². The summed E-state index contributed by atoms with van der Waals surface area (Å²) >= 11 is 0. The van der Waals surface area contributed by atoms with Gasteiger partial charge < -0.3 is 9.80 Å². The number of piperazine rings is 1. The molecule has 1 aliphatic heterocycles. The summed E-state index contributed by atoms with van der Waals surface area (Å²) in [6.07, 6.45) is 1.10. The van der Waals surface area contributed by atoms with E-state index in [9.17, 15) is 13.2 Å². The molecule has 7 heteroatoms. The quantitative estimate of drug-likeness (QED) is 0.689. The average molecular weight is 382 g/mol. The molecule has 0 unspecified atom stereocenters. The van der Waals surface area contributed by atoms with E-state index in [1.165, 1.54) is 4.31 Å². The molecule has 1 fully saturated rings. The van der Waals surface area contributed by atoms with Gasteiger partial charge in [0.05, 0.1) is 4.90 Å². The molecule has 1 heterocycles. The van der Waals surface area contributed by atoms with E-state index >= 15 is 0 Å². The van der Waals surface area contributed by atoms with Crippen LogP contribution < -0.4 is 0 Å². The van der Waals surface area contributed by atoms with Gasteiger partial charge in [-0.15, -0.1) is 0 Å². The van der Waals surface area contributed by atoms with Crippen molar-refractivity contribution in [2.24, 2.45) is 0 Å². The SMILES string of the molecule is CCN1CCN(C(=O)CCc2ccc(S(=O)(=O)N(CC)CC)cc2)CC1. The van der Waals surface area contributed by atoms with E-state index in [4.69, 9.17) is 0 Å². The van der Waals surface area contributed by atoms with Crippen molar-refractivity contribution in [2.75, 3.05) is 45.8 Å². The fraction of sp³-hybridized carbons (Fsp3) is 0.632. The van der Waals surface area contributed by atoms with Gasteiger partial charge in [-0.05, 0) is 30.7 Å². The first-order valence-electron chi connectivity index (χ1n) is 9.51. The third-order valence-corrected chi connectivity index (χ3v) is 7.13. The van der Waals surface area contributed by atoms with Gasteiger partial charge in [0.25, 0.3) is 0 Å². The highest BCUT2D eigenvalue weighted by Gasteiger charge is 2.22. The number of likely N-dealkylation sites (N-methyl/N-ethyl adjacent to an activating group) is 1. The number of rotatable bonds is 8. The molecule has 0 aromatic heterocycles. The minimum absolute atomic E-state index is 0.181. The van der Waals surface area contributed by atoms with Gasteiger partial charge in [0.15, 0.2) is 0 Å². The van der Waals surface area contributed by atoms with Gasteiger partial charge in [-0.25, -0.2) is 8.42 Å². The Hall–Kier alpha value is -1.44. The number of hydrogen-bond acceptors (Lipinski definition) is 4. The molecule has 6 nitrogen and oxygen atoms in total. The number of nitrogens with zero attached hydrogens (tertiary/aromatic N) is 3. The fourth-order valence-corrected chi connectivity index (χ4v) is 4.72. The van der Waals surface area contributed by atoms with Crippen molar-refractivity contribution in [1.82, 2.24) is 14.1 Å². The molecule has 0 N–H and O–H groups in total. The maximum absolute atomic E-state index is 12.5. The first-order chi connectivity index (χ1) is 12.4. The Morgan fingerprint density at radius 3 is 2.08 bits per heavy atom. The normalized spacial score (nSPS) is 16.2. The predicted molar refractivity (Wildman–Crippen MR) is 104 cm³/mol. The second-order valence-corrected chi connectivity index (χ2v) is 8.49. The lowest BCUT2D eigenvalue weighted by Gasteiger charge is -2.34. The molecule has 146 valence electrons.